The van der Waals surface area contributed by atoms with Crippen LogP contribution in [-0.4, -0.2) is 9.97 Å². The topological polar surface area (TPSA) is 78.8 Å². The van der Waals surface area contributed by atoms with Crippen molar-refractivity contribution >= 4 is 17.7 Å². The molecule has 2 rings (SSSR count). The van der Waals surface area contributed by atoms with E-state index in [4.69, 9.17) is 11.1 Å². The van der Waals surface area contributed by atoms with Crippen LogP contribution in [0.15, 0.2) is 36.7 Å². The second-order valence-electron chi connectivity index (χ2n) is 4.38. The Labute approximate surface area is 118 Å². The Hall–Kier alpha value is -2.71. The van der Waals surface area contributed by atoms with E-state index in [9.17, 15) is 0 Å². The van der Waals surface area contributed by atoms with Crippen molar-refractivity contribution in [1.82, 2.24) is 9.97 Å². The first-order valence-electron chi connectivity index (χ1n) is 6.12. The average molecular weight is 265 g/mol. The van der Waals surface area contributed by atoms with Crippen LogP contribution in [0.2, 0.25) is 0 Å². The Morgan fingerprint density at radius 3 is 2.35 bits per heavy atom. The minimum atomic E-state index is 0.444. The summed E-state index contributed by atoms with van der Waals surface area (Å²) in [7, 11) is 0. The van der Waals surface area contributed by atoms with Crippen molar-refractivity contribution in [3.63, 3.8) is 0 Å². The number of aryl methyl sites for hydroxylation is 2. The van der Waals surface area contributed by atoms with Crippen LogP contribution in [0.5, 0.6) is 0 Å². The lowest BCUT2D eigenvalue weighted by molar-refractivity contribution is 0.965. The molecule has 20 heavy (non-hydrogen) atoms. The zero-order valence-electron chi connectivity index (χ0n) is 11.4. The molecule has 0 radical (unpaired) electrons. The molecule has 0 aliphatic rings. The van der Waals surface area contributed by atoms with Gasteiger partial charge in [0.2, 0.25) is 5.95 Å². The van der Waals surface area contributed by atoms with Crippen LogP contribution in [0, 0.1) is 25.2 Å². The number of anilines is 2. The number of hydrogen-bond acceptors (Lipinski definition) is 5. The van der Waals surface area contributed by atoms with E-state index in [1.54, 1.807) is 24.5 Å². The van der Waals surface area contributed by atoms with Gasteiger partial charge in [-0.05, 0) is 54.8 Å². The van der Waals surface area contributed by atoms with Gasteiger partial charge in [-0.1, -0.05) is 0 Å². The summed E-state index contributed by atoms with van der Waals surface area (Å²) < 4.78 is 0. The molecule has 0 fully saturated rings. The van der Waals surface area contributed by atoms with Crippen molar-refractivity contribution in [2.45, 2.75) is 13.8 Å². The summed E-state index contributed by atoms with van der Waals surface area (Å²) in [5, 5.41) is 10.1. The Bertz CT molecular complexity index is 647. The molecule has 2 aromatic rings. The van der Waals surface area contributed by atoms with Crippen molar-refractivity contribution in [3.05, 3.63) is 53.4 Å². The average Bonchev–Trinajstić information content (AvgIpc) is 2.45. The molecule has 0 saturated heterocycles. The van der Waals surface area contributed by atoms with Crippen LogP contribution in [0.25, 0.3) is 6.08 Å². The first-order valence-corrected chi connectivity index (χ1v) is 6.12. The Balaban J connectivity index is 2.43. The molecule has 0 amide bonds. The molecular formula is C15H15N5. The molecule has 0 aliphatic carbocycles. The van der Waals surface area contributed by atoms with Crippen LogP contribution < -0.4 is 10.9 Å². The van der Waals surface area contributed by atoms with Gasteiger partial charge in [0.25, 0.3) is 0 Å². The lowest BCUT2D eigenvalue weighted by Crippen LogP contribution is -2.28. The summed E-state index contributed by atoms with van der Waals surface area (Å²) >= 11 is 0. The molecule has 0 bridgehead atoms. The fourth-order valence-electron chi connectivity index (χ4n) is 2.11. The van der Waals surface area contributed by atoms with E-state index >= 15 is 0 Å². The lowest BCUT2D eigenvalue weighted by Gasteiger charge is -2.21. The highest BCUT2D eigenvalue weighted by Gasteiger charge is 2.13. The van der Waals surface area contributed by atoms with Crippen LogP contribution in [0.4, 0.5) is 11.6 Å². The normalized spacial score (nSPS) is 10.5. The predicted molar refractivity (Wildman–Crippen MR) is 78.9 cm³/mol. The molecule has 5 heteroatoms. The fourth-order valence-corrected chi connectivity index (χ4v) is 2.11. The van der Waals surface area contributed by atoms with Crippen molar-refractivity contribution in [1.29, 1.82) is 5.26 Å². The van der Waals surface area contributed by atoms with Gasteiger partial charge >= 0.3 is 0 Å². The highest BCUT2D eigenvalue weighted by atomic mass is 15.5. The van der Waals surface area contributed by atoms with Crippen LogP contribution in [-0.2, 0) is 0 Å². The fraction of sp³-hybridized carbons (Fsp3) is 0.133. The van der Waals surface area contributed by atoms with Gasteiger partial charge in [-0.25, -0.2) is 20.8 Å². The first kappa shape index (κ1) is 13.7. The van der Waals surface area contributed by atoms with E-state index in [1.807, 2.05) is 32.0 Å². The van der Waals surface area contributed by atoms with Gasteiger partial charge in [0.15, 0.2) is 0 Å². The molecule has 1 aromatic carbocycles. The molecule has 0 unspecified atom stereocenters. The minimum absolute atomic E-state index is 0.444. The summed E-state index contributed by atoms with van der Waals surface area (Å²) in [5.41, 5.74) is 3.83. The molecule has 2 N–H and O–H groups in total. The highest BCUT2D eigenvalue weighted by Crippen LogP contribution is 2.28. The quantitative estimate of drug-likeness (QED) is 0.524. The summed E-state index contributed by atoms with van der Waals surface area (Å²) in [6, 6.07) is 7.67. The lowest BCUT2D eigenvalue weighted by atomic mass is 10.0. The number of hydrazine groups is 1. The number of aromatic nitrogens is 2. The molecular weight excluding hydrogens is 250 g/mol. The van der Waals surface area contributed by atoms with Crippen molar-refractivity contribution < 1.29 is 0 Å². The van der Waals surface area contributed by atoms with Crippen molar-refractivity contribution in [2.24, 2.45) is 5.84 Å². The number of nitriles is 1. The smallest absolute Gasteiger partial charge is 0.244 e. The summed E-state index contributed by atoms with van der Waals surface area (Å²) in [6.07, 6.45) is 6.52. The summed E-state index contributed by atoms with van der Waals surface area (Å²) in [4.78, 5) is 8.28. The predicted octanol–water partition coefficient (Wildman–Crippen LogP) is 2.64. The summed E-state index contributed by atoms with van der Waals surface area (Å²) in [5.74, 6) is 6.55. The SMILES string of the molecule is Cc1cc(C=CC#N)cc(C)c1N(N)c1ncccn1. The van der Waals surface area contributed by atoms with E-state index in [1.165, 1.54) is 11.1 Å². The molecule has 5 nitrogen and oxygen atoms in total. The molecule has 0 spiro atoms. The van der Waals surface area contributed by atoms with Gasteiger partial charge in [0.1, 0.15) is 0 Å². The third-order valence-electron chi connectivity index (χ3n) is 2.87. The van der Waals surface area contributed by atoms with E-state index < -0.39 is 0 Å². The number of allylic oxidation sites excluding steroid dienone is 1. The second kappa shape index (κ2) is 5.95. The van der Waals surface area contributed by atoms with Crippen LogP contribution in [0.1, 0.15) is 16.7 Å². The van der Waals surface area contributed by atoms with E-state index in [0.29, 0.717) is 5.95 Å². The maximum atomic E-state index is 8.58. The Morgan fingerprint density at radius 1 is 1.20 bits per heavy atom. The number of nitrogens with two attached hydrogens (primary N) is 1. The Morgan fingerprint density at radius 2 is 1.80 bits per heavy atom. The van der Waals surface area contributed by atoms with Gasteiger partial charge in [0.05, 0.1) is 11.8 Å². The first-order chi connectivity index (χ1) is 9.63. The minimum Gasteiger partial charge on any atom is -0.246 e. The molecule has 0 atom stereocenters. The van der Waals surface area contributed by atoms with Crippen molar-refractivity contribution in [3.8, 4) is 6.07 Å². The second-order valence-corrected chi connectivity index (χ2v) is 4.38. The third-order valence-corrected chi connectivity index (χ3v) is 2.87. The zero-order chi connectivity index (χ0) is 14.5. The number of benzene rings is 1. The maximum absolute atomic E-state index is 8.58. The van der Waals surface area contributed by atoms with E-state index in [-0.39, 0.29) is 0 Å². The molecule has 100 valence electrons. The monoisotopic (exact) mass is 265 g/mol. The highest BCUT2D eigenvalue weighted by molar-refractivity contribution is 5.68. The maximum Gasteiger partial charge on any atom is 0.244 e. The molecule has 1 aromatic heterocycles. The number of nitrogens with zero attached hydrogens (tertiary/aromatic N) is 4. The van der Waals surface area contributed by atoms with Gasteiger partial charge in [-0.3, -0.25) is 0 Å². The number of rotatable bonds is 3. The molecule has 0 aliphatic heterocycles. The Kier molecular flexibility index (Phi) is 4.08. The van der Waals surface area contributed by atoms with E-state index in [0.717, 1.165) is 22.4 Å². The van der Waals surface area contributed by atoms with E-state index in [2.05, 4.69) is 9.97 Å². The van der Waals surface area contributed by atoms with Gasteiger partial charge in [0, 0.05) is 18.5 Å². The standard InChI is InChI=1S/C15H15N5/c1-11-9-13(5-3-6-16)10-12(2)14(11)20(17)15-18-7-4-8-19-15/h3-5,7-10H,17H2,1-2H3. The molecule has 1 heterocycles. The van der Waals surface area contributed by atoms with Crippen LogP contribution >= 0.6 is 0 Å². The van der Waals surface area contributed by atoms with Gasteiger partial charge in [-0.2, -0.15) is 5.26 Å². The number of hydrogen-bond donors (Lipinski definition) is 1. The van der Waals surface area contributed by atoms with Gasteiger partial charge in [-0.15, -0.1) is 0 Å². The van der Waals surface area contributed by atoms with Crippen LogP contribution in [0.3, 0.4) is 0 Å². The van der Waals surface area contributed by atoms with Crippen molar-refractivity contribution in [2.75, 3.05) is 5.01 Å². The zero-order valence-corrected chi connectivity index (χ0v) is 11.4. The van der Waals surface area contributed by atoms with Gasteiger partial charge < -0.3 is 0 Å². The molecule has 0 saturated carbocycles. The summed E-state index contributed by atoms with van der Waals surface area (Å²) in [6.45, 7) is 3.93. The largest absolute Gasteiger partial charge is 0.246 e. The third kappa shape index (κ3) is 2.82.